The molecule has 0 saturated carbocycles. The SMILES string of the molecule is Brc1cncc(-c2noc([C@@H]3CCCNC3)n2)c1. The van der Waals surface area contributed by atoms with Crippen LogP contribution in [0.3, 0.4) is 0 Å². The molecule has 1 aliphatic heterocycles. The van der Waals surface area contributed by atoms with E-state index in [1.54, 1.807) is 12.4 Å². The second-order valence-electron chi connectivity index (χ2n) is 4.39. The summed E-state index contributed by atoms with van der Waals surface area (Å²) in [6.07, 6.45) is 5.72. The van der Waals surface area contributed by atoms with Crippen molar-refractivity contribution in [3.63, 3.8) is 0 Å². The molecule has 1 atom stereocenters. The molecule has 18 heavy (non-hydrogen) atoms. The van der Waals surface area contributed by atoms with Crippen molar-refractivity contribution in [2.24, 2.45) is 0 Å². The van der Waals surface area contributed by atoms with Gasteiger partial charge in [0.1, 0.15) is 0 Å². The van der Waals surface area contributed by atoms with Crippen LogP contribution in [-0.2, 0) is 0 Å². The van der Waals surface area contributed by atoms with E-state index in [1.165, 1.54) is 0 Å². The standard InChI is InChI=1S/C12H13BrN4O/c13-10-4-9(6-15-7-10)11-16-12(18-17-11)8-2-1-3-14-5-8/h4,6-8,14H,1-3,5H2/t8-/m1/s1. The number of halogens is 1. The quantitative estimate of drug-likeness (QED) is 0.922. The fourth-order valence-electron chi connectivity index (χ4n) is 2.12. The molecule has 0 aromatic carbocycles. The Morgan fingerprint density at radius 3 is 3.11 bits per heavy atom. The van der Waals surface area contributed by atoms with Crippen LogP contribution in [0.1, 0.15) is 24.7 Å². The fraction of sp³-hybridized carbons (Fsp3) is 0.417. The van der Waals surface area contributed by atoms with Crippen molar-refractivity contribution >= 4 is 15.9 Å². The second-order valence-corrected chi connectivity index (χ2v) is 5.31. The van der Waals surface area contributed by atoms with Crippen LogP contribution in [-0.4, -0.2) is 28.2 Å². The van der Waals surface area contributed by atoms with Gasteiger partial charge in [-0.2, -0.15) is 4.98 Å². The summed E-state index contributed by atoms with van der Waals surface area (Å²) < 4.78 is 6.26. The largest absolute Gasteiger partial charge is 0.339 e. The van der Waals surface area contributed by atoms with Crippen molar-refractivity contribution in [2.45, 2.75) is 18.8 Å². The van der Waals surface area contributed by atoms with Gasteiger partial charge in [-0.05, 0) is 41.4 Å². The predicted octanol–water partition coefficient (Wildman–Crippen LogP) is 2.36. The van der Waals surface area contributed by atoms with Gasteiger partial charge in [-0.15, -0.1) is 0 Å². The van der Waals surface area contributed by atoms with E-state index in [9.17, 15) is 0 Å². The summed E-state index contributed by atoms with van der Waals surface area (Å²) in [4.78, 5) is 8.57. The van der Waals surface area contributed by atoms with Crippen molar-refractivity contribution in [2.75, 3.05) is 13.1 Å². The molecule has 0 aliphatic carbocycles. The number of hydrogen-bond acceptors (Lipinski definition) is 5. The number of nitrogens with one attached hydrogen (secondary N) is 1. The molecule has 6 heteroatoms. The first kappa shape index (κ1) is 11.8. The normalized spacial score (nSPS) is 19.9. The third-order valence-electron chi connectivity index (χ3n) is 3.05. The van der Waals surface area contributed by atoms with Gasteiger partial charge in [-0.25, -0.2) is 0 Å². The number of piperidine rings is 1. The first-order valence-electron chi connectivity index (χ1n) is 5.98. The maximum atomic E-state index is 5.35. The van der Waals surface area contributed by atoms with Gasteiger partial charge in [0, 0.05) is 29.0 Å². The van der Waals surface area contributed by atoms with Gasteiger partial charge in [0.25, 0.3) is 0 Å². The van der Waals surface area contributed by atoms with Gasteiger partial charge in [0.2, 0.25) is 11.7 Å². The Kier molecular flexibility index (Phi) is 3.38. The lowest BCUT2D eigenvalue weighted by atomic mass is 10.00. The Morgan fingerprint density at radius 2 is 2.33 bits per heavy atom. The summed E-state index contributed by atoms with van der Waals surface area (Å²) in [7, 11) is 0. The molecule has 3 rings (SSSR count). The number of pyridine rings is 1. The summed E-state index contributed by atoms with van der Waals surface area (Å²) in [6.45, 7) is 1.99. The number of aromatic nitrogens is 3. The van der Waals surface area contributed by atoms with Gasteiger partial charge in [-0.1, -0.05) is 5.16 Å². The highest BCUT2D eigenvalue weighted by Gasteiger charge is 2.21. The van der Waals surface area contributed by atoms with Crippen molar-refractivity contribution in [3.05, 3.63) is 28.8 Å². The first-order chi connectivity index (χ1) is 8.83. The first-order valence-corrected chi connectivity index (χ1v) is 6.77. The van der Waals surface area contributed by atoms with Crippen LogP contribution in [0.15, 0.2) is 27.5 Å². The van der Waals surface area contributed by atoms with Crippen LogP contribution in [0, 0.1) is 0 Å². The minimum atomic E-state index is 0.333. The Hall–Kier alpha value is -1.27. The van der Waals surface area contributed by atoms with Gasteiger partial charge in [0.05, 0.1) is 5.92 Å². The van der Waals surface area contributed by atoms with Crippen molar-refractivity contribution in [3.8, 4) is 11.4 Å². The molecule has 0 radical (unpaired) electrons. The van der Waals surface area contributed by atoms with E-state index in [2.05, 4.69) is 36.4 Å². The van der Waals surface area contributed by atoms with Crippen molar-refractivity contribution < 1.29 is 4.52 Å². The lowest BCUT2D eigenvalue weighted by Crippen LogP contribution is -2.28. The highest BCUT2D eigenvalue weighted by molar-refractivity contribution is 9.10. The smallest absolute Gasteiger partial charge is 0.231 e. The Balaban J connectivity index is 1.84. The van der Waals surface area contributed by atoms with E-state index < -0.39 is 0 Å². The molecule has 94 valence electrons. The van der Waals surface area contributed by atoms with Crippen LogP contribution >= 0.6 is 15.9 Å². The van der Waals surface area contributed by atoms with Gasteiger partial charge in [0.15, 0.2) is 0 Å². The molecule has 0 unspecified atom stereocenters. The Morgan fingerprint density at radius 1 is 1.39 bits per heavy atom. The summed E-state index contributed by atoms with van der Waals surface area (Å²) in [5.41, 5.74) is 0.864. The zero-order valence-corrected chi connectivity index (χ0v) is 11.4. The van der Waals surface area contributed by atoms with Crippen LogP contribution in [0.5, 0.6) is 0 Å². The lowest BCUT2D eigenvalue weighted by molar-refractivity contribution is 0.322. The molecule has 2 aromatic heterocycles. The van der Waals surface area contributed by atoms with E-state index in [-0.39, 0.29) is 0 Å². The minimum Gasteiger partial charge on any atom is -0.339 e. The molecule has 2 aromatic rings. The average molecular weight is 309 g/mol. The fourth-order valence-corrected chi connectivity index (χ4v) is 2.48. The topological polar surface area (TPSA) is 63.8 Å². The number of rotatable bonds is 2. The van der Waals surface area contributed by atoms with Crippen molar-refractivity contribution in [1.82, 2.24) is 20.4 Å². The summed E-state index contributed by atoms with van der Waals surface area (Å²) in [5.74, 6) is 1.65. The molecular formula is C12H13BrN4O. The molecule has 1 saturated heterocycles. The maximum absolute atomic E-state index is 5.35. The highest BCUT2D eigenvalue weighted by Crippen LogP contribution is 2.25. The minimum absolute atomic E-state index is 0.333. The third kappa shape index (κ3) is 2.44. The zero-order chi connectivity index (χ0) is 12.4. The van der Waals surface area contributed by atoms with Crippen molar-refractivity contribution in [1.29, 1.82) is 0 Å². The van der Waals surface area contributed by atoms with Gasteiger partial charge < -0.3 is 9.84 Å². The second kappa shape index (κ2) is 5.16. The van der Waals surface area contributed by atoms with Crippen LogP contribution in [0.2, 0.25) is 0 Å². The van der Waals surface area contributed by atoms with E-state index in [0.717, 1.165) is 41.9 Å². The molecular weight excluding hydrogens is 296 g/mol. The molecule has 1 fully saturated rings. The van der Waals surface area contributed by atoms with E-state index in [1.807, 2.05) is 6.07 Å². The molecule has 0 amide bonds. The number of hydrogen-bond donors (Lipinski definition) is 1. The summed E-state index contributed by atoms with van der Waals surface area (Å²) in [5, 5.41) is 7.37. The molecule has 1 N–H and O–H groups in total. The average Bonchev–Trinajstić information content (AvgIpc) is 2.89. The highest BCUT2D eigenvalue weighted by atomic mass is 79.9. The van der Waals surface area contributed by atoms with Crippen LogP contribution < -0.4 is 5.32 Å². The van der Waals surface area contributed by atoms with Gasteiger partial charge >= 0.3 is 0 Å². The zero-order valence-electron chi connectivity index (χ0n) is 9.77. The molecule has 0 spiro atoms. The molecule has 0 bridgehead atoms. The Labute approximate surface area is 113 Å². The van der Waals surface area contributed by atoms with Crippen LogP contribution in [0.4, 0.5) is 0 Å². The molecule has 1 aliphatic rings. The maximum Gasteiger partial charge on any atom is 0.231 e. The summed E-state index contributed by atoms with van der Waals surface area (Å²) >= 11 is 3.38. The molecule has 3 heterocycles. The van der Waals surface area contributed by atoms with E-state index >= 15 is 0 Å². The third-order valence-corrected chi connectivity index (χ3v) is 3.48. The summed E-state index contributed by atoms with van der Waals surface area (Å²) in [6, 6.07) is 1.93. The van der Waals surface area contributed by atoms with E-state index in [4.69, 9.17) is 4.52 Å². The van der Waals surface area contributed by atoms with E-state index in [0.29, 0.717) is 11.7 Å². The molecule has 5 nitrogen and oxygen atoms in total. The monoisotopic (exact) mass is 308 g/mol. The van der Waals surface area contributed by atoms with Gasteiger partial charge in [-0.3, -0.25) is 4.98 Å². The number of nitrogens with zero attached hydrogens (tertiary/aromatic N) is 3. The van der Waals surface area contributed by atoms with Crippen LogP contribution in [0.25, 0.3) is 11.4 Å². The lowest BCUT2D eigenvalue weighted by Gasteiger charge is -2.18. The predicted molar refractivity (Wildman–Crippen MR) is 70.1 cm³/mol. The Bertz CT molecular complexity index is 536.